The molecule has 1 aromatic carbocycles. The van der Waals surface area contributed by atoms with Crippen molar-refractivity contribution in [3.8, 4) is 0 Å². The van der Waals surface area contributed by atoms with Crippen LogP contribution < -0.4 is 10.2 Å². The SMILES string of the molecule is Cn1/c(=N\NC(=O)C2CCCCC2)sc2ccccc21. The van der Waals surface area contributed by atoms with Gasteiger partial charge in [-0.15, -0.1) is 5.10 Å². The molecule has 0 aliphatic heterocycles. The van der Waals surface area contributed by atoms with Gasteiger partial charge in [-0.2, -0.15) is 0 Å². The van der Waals surface area contributed by atoms with Crippen molar-refractivity contribution >= 4 is 27.5 Å². The molecule has 3 rings (SSSR count). The van der Waals surface area contributed by atoms with Crippen molar-refractivity contribution in [3.63, 3.8) is 0 Å². The maximum Gasteiger partial charge on any atom is 0.243 e. The first-order valence-corrected chi connectivity index (χ1v) is 7.95. The van der Waals surface area contributed by atoms with Gasteiger partial charge in [-0.1, -0.05) is 42.7 Å². The summed E-state index contributed by atoms with van der Waals surface area (Å²) in [5.74, 6) is 0.217. The summed E-state index contributed by atoms with van der Waals surface area (Å²) in [5.41, 5.74) is 3.89. The maximum absolute atomic E-state index is 12.1. The van der Waals surface area contributed by atoms with E-state index in [1.807, 2.05) is 23.7 Å². The second-order valence-corrected chi connectivity index (χ2v) is 6.34. The summed E-state index contributed by atoms with van der Waals surface area (Å²) >= 11 is 1.59. The quantitative estimate of drug-likeness (QED) is 0.849. The zero-order chi connectivity index (χ0) is 13.9. The van der Waals surface area contributed by atoms with E-state index in [0.717, 1.165) is 36.0 Å². The highest BCUT2D eigenvalue weighted by Crippen LogP contribution is 2.23. The first-order valence-electron chi connectivity index (χ1n) is 7.14. The number of amides is 1. The van der Waals surface area contributed by atoms with E-state index in [4.69, 9.17) is 0 Å². The zero-order valence-corrected chi connectivity index (χ0v) is 12.4. The number of aromatic nitrogens is 1. The lowest BCUT2D eigenvalue weighted by atomic mass is 9.89. The van der Waals surface area contributed by atoms with Crippen LogP contribution in [0.15, 0.2) is 29.4 Å². The Morgan fingerprint density at radius 3 is 2.80 bits per heavy atom. The maximum atomic E-state index is 12.1. The Bertz CT molecular complexity index is 680. The highest BCUT2D eigenvalue weighted by Gasteiger charge is 2.20. The third kappa shape index (κ3) is 2.63. The Kier molecular flexibility index (Phi) is 3.87. The molecule has 20 heavy (non-hydrogen) atoms. The molecule has 4 nitrogen and oxygen atoms in total. The van der Waals surface area contributed by atoms with E-state index in [-0.39, 0.29) is 11.8 Å². The number of rotatable bonds is 2. The fourth-order valence-corrected chi connectivity index (χ4v) is 3.73. The number of hydrogen-bond acceptors (Lipinski definition) is 3. The minimum Gasteiger partial charge on any atom is -0.318 e. The number of nitrogens with zero attached hydrogens (tertiary/aromatic N) is 2. The van der Waals surface area contributed by atoms with Crippen LogP contribution in [0.25, 0.3) is 10.2 Å². The number of carbonyl (C=O) groups excluding carboxylic acids is 1. The molecule has 0 spiro atoms. The van der Waals surface area contributed by atoms with Gasteiger partial charge in [0.25, 0.3) is 0 Å². The van der Waals surface area contributed by atoms with E-state index in [1.165, 1.54) is 11.1 Å². The fraction of sp³-hybridized carbons (Fsp3) is 0.467. The smallest absolute Gasteiger partial charge is 0.243 e. The van der Waals surface area contributed by atoms with Gasteiger partial charge < -0.3 is 4.57 Å². The van der Waals surface area contributed by atoms with Crippen LogP contribution in [-0.4, -0.2) is 10.5 Å². The van der Waals surface area contributed by atoms with Crippen molar-refractivity contribution in [2.75, 3.05) is 0 Å². The molecule has 0 atom stereocenters. The Morgan fingerprint density at radius 1 is 1.30 bits per heavy atom. The molecular formula is C15H19N3OS. The number of benzene rings is 1. The number of fused-ring (bicyclic) bond motifs is 1. The van der Waals surface area contributed by atoms with E-state index in [0.29, 0.717) is 0 Å². The molecule has 1 N–H and O–H groups in total. The van der Waals surface area contributed by atoms with Crippen molar-refractivity contribution in [3.05, 3.63) is 29.1 Å². The molecule has 5 heteroatoms. The highest BCUT2D eigenvalue weighted by molar-refractivity contribution is 7.16. The zero-order valence-electron chi connectivity index (χ0n) is 11.6. The fourth-order valence-electron chi connectivity index (χ4n) is 2.75. The summed E-state index contributed by atoms with van der Waals surface area (Å²) in [5, 5.41) is 4.30. The molecule has 1 aliphatic rings. The molecule has 1 amide bonds. The number of carbonyl (C=O) groups is 1. The topological polar surface area (TPSA) is 46.4 Å². The van der Waals surface area contributed by atoms with Crippen molar-refractivity contribution < 1.29 is 4.79 Å². The van der Waals surface area contributed by atoms with E-state index in [1.54, 1.807) is 11.3 Å². The Balaban J connectivity index is 1.80. The summed E-state index contributed by atoms with van der Waals surface area (Å²) in [4.78, 5) is 12.9. The molecule has 1 aromatic heterocycles. The van der Waals surface area contributed by atoms with Crippen molar-refractivity contribution in [1.82, 2.24) is 9.99 Å². The second-order valence-electron chi connectivity index (χ2n) is 5.33. The monoisotopic (exact) mass is 289 g/mol. The van der Waals surface area contributed by atoms with Crippen molar-refractivity contribution in [2.45, 2.75) is 32.1 Å². The first-order chi connectivity index (χ1) is 9.75. The van der Waals surface area contributed by atoms with Crippen molar-refractivity contribution in [1.29, 1.82) is 0 Å². The number of hydrogen-bond donors (Lipinski definition) is 1. The molecule has 1 aliphatic carbocycles. The summed E-state index contributed by atoms with van der Waals surface area (Å²) in [6.45, 7) is 0. The van der Waals surface area contributed by atoms with Crippen LogP contribution >= 0.6 is 11.3 Å². The minimum atomic E-state index is 0.0714. The van der Waals surface area contributed by atoms with Crippen molar-refractivity contribution in [2.24, 2.45) is 18.1 Å². The lowest BCUT2D eigenvalue weighted by Crippen LogP contribution is -2.30. The van der Waals surface area contributed by atoms with Gasteiger partial charge in [0.1, 0.15) is 0 Å². The Morgan fingerprint density at radius 2 is 2.05 bits per heavy atom. The summed E-state index contributed by atoms with van der Waals surface area (Å²) < 4.78 is 3.20. The van der Waals surface area contributed by atoms with E-state index < -0.39 is 0 Å². The molecule has 0 radical (unpaired) electrons. The van der Waals surface area contributed by atoms with Crippen LogP contribution in [0.4, 0.5) is 0 Å². The van der Waals surface area contributed by atoms with E-state index >= 15 is 0 Å². The van der Waals surface area contributed by atoms with Gasteiger partial charge in [-0.25, -0.2) is 5.43 Å². The van der Waals surface area contributed by atoms with Crippen LogP contribution in [0.3, 0.4) is 0 Å². The van der Waals surface area contributed by atoms with Crippen LogP contribution in [0.1, 0.15) is 32.1 Å². The molecule has 0 saturated heterocycles. The third-order valence-corrected chi connectivity index (χ3v) is 5.07. The Labute approximate surface area is 122 Å². The van der Waals surface area contributed by atoms with E-state index in [9.17, 15) is 4.79 Å². The normalized spacial score (nSPS) is 17.6. The first kappa shape index (κ1) is 13.4. The number of para-hydroxylation sites is 1. The van der Waals surface area contributed by atoms with E-state index in [2.05, 4.69) is 22.7 Å². The molecular weight excluding hydrogens is 270 g/mol. The van der Waals surface area contributed by atoms with Gasteiger partial charge in [0, 0.05) is 13.0 Å². The minimum absolute atomic E-state index is 0.0714. The van der Waals surface area contributed by atoms with Crippen LogP contribution in [0.5, 0.6) is 0 Å². The number of thiazole rings is 1. The lowest BCUT2D eigenvalue weighted by Gasteiger charge is -2.19. The third-order valence-electron chi connectivity index (χ3n) is 3.95. The molecule has 0 unspecified atom stereocenters. The largest absolute Gasteiger partial charge is 0.318 e. The second kappa shape index (κ2) is 5.79. The highest BCUT2D eigenvalue weighted by atomic mass is 32.1. The average Bonchev–Trinajstić information content (AvgIpc) is 2.83. The molecule has 1 saturated carbocycles. The predicted molar refractivity (Wildman–Crippen MR) is 81.1 cm³/mol. The molecule has 106 valence electrons. The standard InChI is InChI=1S/C15H19N3OS/c1-18-12-9-5-6-10-13(12)20-15(18)17-16-14(19)11-7-3-2-4-8-11/h5-6,9-11H,2-4,7-8H2,1H3,(H,16,19)/b17-15+. The molecule has 1 heterocycles. The average molecular weight is 289 g/mol. The Hall–Kier alpha value is -1.62. The van der Waals surface area contributed by atoms with Gasteiger partial charge in [0.15, 0.2) is 0 Å². The molecule has 1 fully saturated rings. The van der Waals surface area contributed by atoms with Crippen LogP contribution in [-0.2, 0) is 11.8 Å². The van der Waals surface area contributed by atoms with Gasteiger partial charge in [-0.05, 0) is 25.0 Å². The van der Waals surface area contributed by atoms with Gasteiger partial charge in [0.05, 0.1) is 10.2 Å². The van der Waals surface area contributed by atoms with Gasteiger partial charge >= 0.3 is 0 Å². The predicted octanol–water partition coefficient (Wildman–Crippen LogP) is 2.75. The van der Waals surface area contributed by atoms with Gasteiger partial charge in [0.2, 0.25) is 10.7 Å². The molecule has 2 aromatic rings. The summed E-state index contributed by atoms with van der Waals surface area (Å²) in [7, 11) is 1.98. The lowest BCUT2D eigenvalue weighted by molar-refractivity contribution is -0.125. The molecule has 0 bridgehead atoms. The number of aryl methyl sites for hydroxylation is 1. The van der Waals surface area contributed by atoms with Crippen LogP contribution in [0.2, 0.25) is 0 Å². The summed E-state index contributed by atoms with van der Waals surface area (Å²) in [6.07, 6.45) is 5.58. The summed E-state index contributed by atoms with van der Waals surface area (Å²) in [6, 6.07) is 8.17. The van der Waals surface area contributed by atoms with Crippen LogP contribution in [0, 0.1) is 5.92 Å². The number of nitrogens with one attached hydrogen (secondary N) is 1. The van der Waals surface area contributed by atoms with Gasteiger partial charge in [-0.3, -0.25) is 4.79 Å².